The van der Waals surface area contributed by atoms with Gasteiger partial charge in [-0.25, -0.2) is 0 Å². The topological polar surface area (TPSA) is 66.6 Å². The first kappa shape index (κ1) is 16.1. The Morgan fingerprint density at radius 1 is 1.42 bits per heavy atom. The van der Waals surface area contributed by atoms with E-state index in [0.717, 1.165) is 19.4 Å². The summed E-state index contributed by atoms with van der Waals surface area (Å²) in [7, 11) is 0. The second kappa shape index (κ2) is 8.24. The van der Waals surface area contributed by atoms with Crippen molar-refractivity contribution in [1.29, 1.82) is 0 Å². The minimum Gasteiger partial charge on any atom is -0.395 e. The number of unbranched alkanes of at least 4 members (excludes halogenated alkanes) is 1. The fraction of sp³-hybridized carbons (Fsp3) is 0.538. The van der Waals surface area contributed by atoms with E-state index in [1.165, 1.54) is 6.07 Å². The standard InChI is InChI=1S/C13H19BrN2O3/c1-2-3-6-15(7-8-17)10-11-4-5-12(14)9-13(11)16(18)19/h4-5,9,17H,2-3,6-8,10H2,1H3. The highest BCUT2D eigenvalue weighted by molar-refractivity contribution is 9.10. The molecule has 6 heteroatoms. The van der Waals surface area contributed by atoms with Gasteiger partial charge >= 0.3 is 0 Å². The van der Waals surface area contributed by atoms with E-state index in [1.54, 1.807) is 12.1 Å². The lowest BCUT2D eigenvalue weighted by atomic mass is 10.1. The molecule has 0 spiro atoms. The van der Waals surface area contributed by atoms with Gasteiger partial charge in [-0.05, 0) is 25.1 Å². The van der Waals surface area contributed by atoms with Crippen LogP contribution >= 0.6 is 15.9 Å². The van der Waals surface area contributed by atoms with Crippen LogP contribution in [0.2, 0.25) is 0 Å². The smallest absolute Gasteiger partial charge is 0.275 e. The van der Waals surface area contributed by atoms with Crippen molar-refractivity contribution in [2.75, 3.05) is 19.7 Å². The predicted molar refractivity (Wildman–Crippen MR) is 78.1 cm³/mol. The number of rotatable bonds is 8. The monoisotopic (exact) mass is 330 g/mol. The fourth-order valence-corrected chi connectivity index (χ4v) is 2.22. The van der Waals surface area contributed by atoms with Crippen molar-refractivity contribution < 1.29 is 10.0 Å². The Morgan fingerprint density at radius 2 is 2.16 bits per heavy atom. The number of benzene rings is 1. The van der Waals surface area contributed by atoms with Crippen LogP contribution < -0.4 is 0 Å². The summed E-state index contributed by atoms with van der Waals surface area (Å²) in [6.45, 7) is 4.02. The molecular formula is C13H19BrN2O3. The minimum atomic E-state index is -0.364. The van der Waals surface area contributed by atoms with Gasteiger partial charge in [0.05, 0.1) is 11.5 Å². The molecule has 0 aromatic heterocycles. The van der Waals surface area contributed by atoms with Crippen molar-refractivity contribution in [2.45, 2.75) is 26.3 Å². The number of aliphatic hydroxyl groups is 1. The van der Waals surface area contributed by atoms with E-state index < -0.39 is 0 Å². The number of aliphatic hydroxyl groups excluding tert-OH is 1. The molecule has 106 valence electrons. The Bertz CT molecular complexity index is 426. The second-order valence-corrected chi connectivity index (χ2v) is 5.30. The molecule has 0 saturated heterocycles. The van der Waals surface area contributed by atoms with Crippen molar-refractivity contribution in [3.05, 3.63) is 38.3 Å². The van der Waals surface area contributed by atoms with Crippen LogP contribution in [0.3, 0.4) is 0 Å². The first-order valence-electron chi connectivity index (χ1n) is 6.34. The van der Waals surface area contributed by atoms with Crippen molar-refractivity contribution in [3.8, 4) is 0 Å². The van der Waals surface area contributed by atoms with Gasteiger partial charge in [0, 0.05) is 29.2 Å². The molecule has 0 aliphatic heterocycles. The highest BCUT2D eigenvalue weighted by atomic mass is 79.9. The van der Waals surface area contributed by atoms with Gasteiger partial charge < -0.3 is 5.11 Å². The van der Waals surface area contributed by atoms with E-state index in [4.69, 9.17) is 5.11 Å². The first-order valence-corrected chi connectivity index (χ1v) is 7.13. The summed E-state index contributed by atoms with van der Waals surface area (Å²) in [6.07, 6.45) is 2.08. The van der Waals surface area contributed by atoms with E-state index in [9.17, 15) is 10.1 Å². The van der Waals surface area contributed by atoms with Gasteiger partial charge in [-0.2, -0.15) is 0 Å². The lowest BCUT2D eigenvalue weighted by Crippen LogP contribution is -2.27. The Hall–Kier alpha value is -0.980. The first-order chi connectivity index (χ1) is 9.08. The van der Waals surface area contributed by atoms with Gasteiger partial charge in [0.1, 0.15) is 0 Å². The summed E-state index contributed by atoms with van der Waals surface area (Å²) in [5, 5.41) is 20.1. The van der Waals surface area contributed by atoms with Crippen molar-refractivity contribution in [3.63, 3.8) is 0 Å². The van der Waals surface area contributed by atoms with E-state index in [-0.39, 0.29) is 17.2 Å². The number of halogens is 1. The Morgan fingerprint density at radius 3 is 2.74 bits per heavy atom. The van der Waals surface area contributed by atoms with Gasteiger partial charge in [0.25, 0.3) is 5.69 Å². The average molecular weight is 331 g/mol. The maximum atomic E-state index is 11.0. The second-order valence-electron chi connectivity index (χ2n) is 4.38. The molecule has 0 amide bonds. The van der Waals surface area contributed by atoms with Crippen LogP contribution in [0.15, 0.2) is 22.7 Å². The van der Waals surface area contributed by atoms with Gasteiger partial charge in [-0.15, -0.1) is 0 Å². The molecule has 0 fully saturated rings. The molecule has 0 aliphatic rings. The number of nitrogens with zero attached hydrogens (tertiary/aromatic N) is 2. The maximum Gasteiger partial charge on any atom is 0.275 e. The number of hydrogen-bond acceptors (Lipinski definition) is 4. The van der Waals surface area contributed by atoms with Crippen LogP contribution in [0.1, 0.15) is 25.3 Å². The largest absolute Gasteiger partial charge is 0.395 e. The Labute approximate surface area is 121 Å². The van der Waals surface area contributed by atoms with Gasteiger partial charge in [-0.1, -0.05) is 29.3 Å². The SMILES string of the molecule is CCCCN(CCO)Cc1ccc(Br)cc1[N+](=O)[O-]. The number of nitro groups is 1. The molecule has 1 aromatic rings. The van der Waals surface area contributed by atoms with Crippen molar-refractivity contribution in [1.82, 2.24) is 4.90 Å². The normalized spacial score (nSPS) is 10.9. The average Bonchev–Trinajstić information content (AvgIpc) is 2.38. The third-order valence-corrected chi connectivity index (χ3v) is 3.38. The molecule has 1 rings (SSSR count). The van der Waals surface area contributed by atoms with Crippen LogP contribution in [0, 0.1) is 10.1 Å². The van der Waals surface area contributed by atoms with E-state index in [1.807, 2.05) is 4.90 Å². The van der Waals surface area contributed by atoms with Gasteiger partial charge in [0.15, 0.2) is 0 Å². The van der Waals surface area contributed by atoms with E-state index >= 15 is 0 Å². The summed E-state index contributed by atoms with van der Waals surface area (Å²) in [4.78, 5) is 12.7. The van der Waals surface area contributed by atoms with E-state index in [2.05, 4.69) is 22.9 Å². The third kappa shape index (κ3) is 5.26. The van der Waals surface area contributed by atoms with Crippen molar-refractivity contribution >= 4 is 21.6 Å². The molecule has 0 aliphatic carbocycles. The molecular weight excluding hydrogens is 312 g/mol. The summed E-state index contributed by atoms with van der Waals surface area (Å²) in [6, 6.07) is 5.09. The highest BCUT2D eigenvalue weighted by Crippen LogP contribution is 2.24. The summed E-state index contributed by atoms with van der Waals surface area (Å²) in [5.41, 5.74) is 0.798. The predicted octanol–water partition coefficient (Wildman–Crippen LogP) is 2.95. The summed E-state index contributed by atoms with van der Waals surface area (Å²) >= 11 is 3.25. The molecule has 0 bridgehead atoms. The Balaban J connectivity index is 2.85. The zero-order valence-electron chi connectivity index (χ0n) is 11.0. The van der Waals surface area contributed by atoms with Crippen LogP contribution in [-0.4, -0.2) is 34.6 Å². The fourth-order valence-electron chi connectivity index (χ4n) is 1.87. The van der Waals surface area contributed by atoms with Gasteiger partial charge in [0.2, 0.25) is 0 Å². The number of nitro benzene ring substituents is 1. The Kier molecular flexibility index (Phi) is 6.97. The van der Waals surface area contributed by atoms with Crippen molar-refractivity contribution in [2.24, 2.45) is 0 Å². The third-order valence-electron chi connectivity index (χ3n) is 2.88. The van der Waals surface area contributed by atoms with Crippen LogP contribution in [0.4, 0.5) is 5.69 Å². The summed E-state index contributed by atoms with van der Waals surface area (Å²) < 4.78 is 0.699. The quantitative estimate of drug-likeness (QED) is 0.587. The lowest BCUT2D eigenvalue weighted by molar-refractivity contribution is -0.385. The zero-order valence-corrected chi connectivity index (χ0v) is 12.6. The molecule has 0 atom stereocenters. The molecule has 1 aromatic carbocycles. The molecule has 0 radical (unpaired) electrons. The van der Waals surface area contributed by atoms with E-state index in [0.29, 0.717) is 23.1 Å². The molecule has 19 heavy (non-hydrogen) atoms. The zero-order chi connectivity index (χ0) is 14.3. The molecule has 1 N–H and O–H groups in total. The summed E-state index contributed by atoms with van der Waals surface area (Å²) in [5.74, 6) is 0. The molecule has 0 unspecified atom stereocenters. The molecule has 0 saturated carbocycles. The molecule has 5 nitrogen and oxygen atoms in total. The van der Waals surface area contributed by atoms with Crippen LogP contribution in [0.5, 0.6) is 0 Å². The van der Waals surface area contributed by atoms with Crippen LogP contribution in [0.25, 0.3) is 0 Å². The van der Waals surface area contributed by atoms with Crippen LogP contribution in [-0.2, 0) is 6.54 Å². The minimum absolute atomic E-state index is 0.0635. The maximum absolute atomic E-state index is 11.0. The number of hydrogen-bond donors (Lipinski definition) is 1. The molecule has 0 heterocycles. The highest BCUT2D eigenvalue weighted by Gasteiger charge is 2.16. The lowest BCUT2D eigenvalue weighted by Gasteiger charge is -2.21. The van der Waals surface area contributed by atoms with Gasteiger partial charge in [-0.3, -0.25) is 15.0 Å².